The molecule has 0 heterocycles. The van der Waals surface area contributed by atoms with E-state index in [9.17, 15) is 21.6 Å². The Balaban J connectivity index is 4.44. The van der Waals surface area contributed by atoms with Gasteiger partial charge >= 0.3 is 10.2 Å². The molecule has 0 saturated heterocycles. The van der Waals surface area contributed by atoms with Gasteiger partial charge in [-0.3, -0.25) is 0 Å². The van der Waals surface area contributed by atoms with Gasteiger partial charge in [-0.1, -0.05) is 11.3 Å². The molecule has 0 amide bonds. The van der Waals surface area contributed by atoms with Crippen molar-refractivity contribution in [2.45, 2.75) is 6.92 Å². The molecule has 0 rings (SSSR count). The normalized spacial score (nSPS) is 12.1. The van der Waals surface area contributed by atoms with E-state index in [1.54, 1.807) is 4.72 Å². The maximum Gasteiger partial charge on any atom is 0.331 e. The molecule has 1 N–H and O–H groups in total. The van der Waals surface area contributed by atoms with Gasteiger partial charge in [0.15, 0.2) is 9.84 Å². The van der Waals surface area contributed by atoms with Gasteiger partial charge < -0.3 is 0 Å². The van der Waals surface area contributed by atoms with Crippen LogP contribution >= 0.6 is 0 Å². The van der Waals surface area contributed by atoms with Gasteiger partial charge in [-0.2, -0.15) is 13.1 Å². The van der Waals surface area contributed by atoms with Gasteiger partial charge in [0.05, 0.1) is 0 Å². The van der Waals surface area contributed by atoms with Crippen LogP contribution in [0.1, 0.15) is 6.92 Å². The summed E-state index contributed by atoms with van der Waals surface area (Å²) in [6.07, 6.45) is 0.792. The molecule has 0 radical (unpaired) electrons. The fraction of sp³-hybridized carbons (Fsp3) is 0.750. The smallest absolute Gasteiger partial charge is 0.227 e. The minimum absolute atomic E-state index is 0.194. The van der Waals surface area contributed by atoms with Crippen LogP contribution in [-0.4, -0.2) is 34.5 Å². The average Bonchev–Trinajstić information content (AvgIpc) is 2.02. The first-order valence-electron chi connectivity index (χ1n) is 3.12. The molecule has 0 bridgehead atoms. The maximum atomic E-state index is 10.8. The summed E-state index contributed by atoms with van der Waals surface area (Å²) in [6, 6.07) is 0. The minimum Gasteiger partial charge on any atom is -0.227 e. The van der Waals surface area contributed by atoms with Crippen molar-refractivity contribution in [2.75, 3.05) is 11.6 Å². The molecule has 0 unspecified atom stereocenters. The van der Waals surface area contributed by atoms with Crippen molar-refractivity contribution in [1.82, 2.24) is 4.72 Å². The van der Waals surface area contributed by atoms with Crippen LogP contribution in [-0.2, 0) is 24.8 Å². The Bertz CT molecular complexity index is 402. The number of rotatable bonds is 5. The van der Waals surface area contributed by atoms with Gasteiger partial charge in [-0.05, 0) is 0 Å². The van der Waals surface area contributed by atoms with Crippen LogP contribution in [0.2, 0.25) is 0 Å². The van der Waals surface area contributed by atoms with Crippen LogP contribution in [0.15, 0.2) is 4.40 Å². The lowest BCUT2D eigenvalue weighted by Gasteiger charge is -1.99. The summed E-state index contributed by atoms with van der Waals surface area (Å²) < 4.78 is 46.7. The fourth-order valence-electron chi connectivity index (χ4n) is 0.348. The molecule has 0 aliphatic heterocycles. The highest BCUT2D eigenvalue weighted by atomic mass is 32.2. The lowest BCUT2D eigenvalue weighted by Crippen LogP contribution is -2.28. The lowest BCUT2D eigenvalue weighted by molar-refractivity contribution is 0.561. The van der Waals surface area contributed by atoms with Crippen LogP contribution in [0.3, 0.4) is 0 Å². The SMILES string of the molecule is CCS(=O)(=O)CNS(=O)(=O)N=C=O. The second-order valence-corrected chi connectivity index (χ2v) is 5.75. The molecule has 0 saturated carbocycles. The minimum atomic E-state index is -4.20. The molecular weight excluding hydrogens is 220 g/mol. The van der Waals surface area contributed by atoms with Crippen LogP contribution < -0.4 is 4.72 Å². The van der Waals surface area contributed by atoms with Crippen molar-refractivity contribution in [1.29, 1.82) is 0 Å². The molecular formula is C4H8N2O5S2. The van der Waals surface area contributed by atoms with Crippen molar-refractivity contribution in [3.8, 4) is 0 Å². The zero-order chi connectivity index (χ0) is 10.5. The standard InChI is InChI=1S/C4H8N2O5S2/c1-2-12(8,9)4-6-13(10,11)5-3-7/h6H,2,4H2,1H3. The van der Waals surface area contributed by atoms with E-state index in [0.717, 1.165) is 6.08 Å². The Morgan fingerprint density at radius 1 is 1.31 bits per heavy atom. The monoisotopic (exact) mass is 228 g/mol. The highest BCUT2D eigenvalue weighted by Crippen LogP contribution is 1.89. The van der Waals surface area contributed by atoms with Crippen molar-refractivity contribution < 1.29 is 21.6 Å². The first-order chi connectivity index (χ1) is 5.83. The molecule has 7 nitrogen and oxygen atoms in total. The van der Waals surface area contributed by atoms with E-state index < -0.39 is 25.9 Å². The molecule has 0 aliphatic rings. The molecule has 9 heteroatoms. The Kier molecular flexibility index (Phi) is 4.21. The Morgan fingerprint density at radius 3 is 2.23 bits per heavy atom. The highest BCUT2D eigenvalue weighted by molar-refractivity contribution is 7.93. The number of hydrogen-bond acceptors (Lipinski definition) is 5. The number of carbonyl (C=O) groups excluding carboxylic acids is 1. The fourth-order valence-corrected chi connectivity index (χ4v) is 2.03. The summed E-state index contributed by atoms with van der Waals surface area (Å²) in [5.41, 5.74) is 0. The molecule has 13 heavy (non-hydrogen) atoms. The van der Waals surface area contributed by atoms with Gasteiger partial charge in [0, 0.05) is 5.75 Å². The largest absolute Gasteiger partial charge is 0.331 e. The summed E-state index contributed by atoms with van der Waals surface area (Å²) >= 11 is 0. The van der Waals surface area contributed by atoms with E-state index in [2.05, 4.69) is 4.40 Å². The van der Waals surface area contributed by atoms with Gasteiger partial charge in [0.2, 0.25) is 0 Å². The predicted octanol–water partition coefficient (Wildman–Crippen LogP) is -1.45. The quantitative estimate of drug-likeness (QED) is 0.457. The molecule has 0 spiro atoms. The highest BCUT2D eigenvalue weighted by Gasteiger charge is 2.13. The van der Waals surface area contributed by atoms with Gasteiger partial charge in [-0.25, -0.2) is 13.2 Å². The van der Waals surface area contributed by atoms with Crippen molar-refractivity contribution in [3.63, 3.8) is 0 Å². The number of hydrogen-bond donors (Lipinski definition) is 1. The molecule has 0 aromatic rings. The van der Waals surface area contributed by atoms with Crippen molar-refractivity contribution in [3.05, 3.63) is 0 Å². The van der Waals surface area contributed by atoms with Crippen LogP contribution in [0.25, 0.3) is 0 Å². The molecule has 0 aromatic carbocycles. The van der Waals surface area contributed by atoms with Crippen molar-refractivity contribution >= 4 is 26.1 Å². The summed E-state index contributed by atoms with van der Waals surface area (Å²) in [5, 5.41) is 0. The summed E-state index contributed by atoms with van der Waals surface area (Å²) in [7, 11) is -7.65. The molecule has 0 fully saturated rings. The van der Waals surface area contributed by atoms with Gasteiger partial charge in [0.1, 0.15) is 5.88 Å². The van der Waals surface area contributed by atoms with Crippen LogP contribution in [0.4, 0.5) is 0 Å². The number of nitrogens with zero attached hydrogens (tertiary/aromatic N) is 1. The zero-order valence-corrected chi connectivity index (χ0v) is 8.35. The summed E-state index contributed by atoms with van der Waals surface area (Å²) in [5.74, 6) is -0.961. The molecule has 76 valence electrons. The third-order valence-electron chi connectivity index (χ3n) is 1.06. The van der Waals surface area contributed by atoms with E-state index >= 15 is 0 Å². The first-order valence-corrected chi connectivity index (χ1v) is 6.38. The van der Waals surface area contributed by atoms with E-state index in [1.807, 2.05) is 0 Å². The molecule has 0 atom stereocenters. The number of isocyanates is 1. The van der Waals surface area contributed by atoms with Gasteiger partial charge in [-0.15, -0.1) is 0 Å². The van der Waals surface area contributed by atoms with E-state index in [4.69, 9.17) is 0 Å². The maximum absolute atomic E-state index is 10.8. The average molecular weight is 228 g/mol. The Hall–Kier alpha value is -0.760. The third-order valence-corrected chi connectivity index (χ3v) is 3.53. The Morgan fingerprint density at radius 2 is 1.85 bits per heavy atom. The number of nitrogens with one attached hydrogen (secondary N) is 1. The van der Waals surface area contributed by atoms with E-state index in [1.165, 1.54) is 6.92 Å². The molecule has 0 aliphatic carbocycles. The lowest BCUT2D eigenvalue weighted by atomic mass is 11.0. The zero-order valence-electron chi connectivity index (χ0n) is 6.72. The van der Waals surface area contributed by atoms with Crippen LogP contribution in [0, 0.1) is 0 Å². The third kappa shape index (κ3) is 5.47. The van der Waals surface area contributed by atoms with Crippen LogP contribution in [0.5, 0.6) is 0 Å². The summed E-state index contributed by atoms with van der Waals surface area (Å²) in [4.78, 5) is 9.55. The molecule has 0 aromatic heterocycles. The second-order valence-electron chi connectivity index (χ2n) is 1.98. The predicted molar refractivity (Wildman–Crippen MR) is 44.5 cm³/mol. The summed E-state index contributed by atoms with van der Waals surface area (Å²) in [6.45, 7) is 1.37. The second kappa shape index (κ2) is 4.47. The van der Waals surface area contributed by atoms with Crippen molar-refractivity contribution in [2.24, 2.45) is 4.40 Å². The Labute approximate surface area is 76.0 Å². The van der Waals surface area contributed by atoms with E-state index in [-0.39, 0.29) is 5.75 Å². The topological polar surface area (TPSA) is 110 Å². The number of sulfone groups is 1. The van der Waals surface area contributed by atoms with Gasteiger partial charge in [0.25, 0.3) is 6.08 Å². The van der Waals surface area contributed by atoms with E-state index in [0.29, 0.717) is 0 Å². The first kappa shape index (κ1) is 12.2.